The summed E-state index contributed by atoms with van der Waals surface area (Å²) in [4.78, 5) is 0. The van der Waals surface area contributed by atoms with Crippen molar-refractivity contribution in [3.63, 3.8) is 0 Å². The molecule has 0 fully saturated rings. The predicted octanol–water partition coefficient (Wildman–Crippen LogP) is 1.79. The van der Waals surface area contributed by atoms with Crippen molar-refractivity contribution in [3.8, 4) is 11.1 Å². The van der Waals surface area contributed by atoms with Crippen molar-refractivity contribution in [2.75, 3.05) is 6.26 Å². The van der Waals surface area contributed by atoms with Crippen LogP contribution < -0.4 is 0 Å². The highest BCUT2D eigenvalue weighted by molar-refractivity contribution is 7.90. The minimum atomic E-state index is -3.38. The van der Waals surface area contributed by atoms with E-state index in [4.69, 9.17) is 0 Å². The standard InChI is InChI=1S/C9H10N4O2S.C6H4/c1-16(14,15)9-10-11-12-13(9)7-8-5-3-2-4-6-8;1-2-5-4-6(5)3-1/h2-6H,7H2,1H3;1-4H. The van der Waals surface area contributed by atoms with E-state index in [9.17, 15) is 8.42 Å². The monoisotopic (exact) mass is 314 g/mol. The minimum absolute atomic E-state index is 0.114. The van der Waals surface area contributed by atoms with Gasteiger partial charge >= 0.3 is 0 Å². The molecule has 7 heteroatoms. The number of rotatable bonds is 3. The van der Waals surface area contributed by atoms with E-state index >= 15 is 0 Å². The smallest absolute Gasteiger partial charge is 0.221 e. The Balaban J connectivity index is 0.000000196. The normalized spacial score (nSPS) is 11.5. The van der Waals surface area contributed by atoms with Crippen LogP contribution in [0.25, 0.3) is 11.1 Å². The summed E-state index contributed by atoms with van der Waals surface area (Å²) in [5, 5.41) is 10.4. The second kappa shape index (κ2) is 5.69. The number of tetrazole rings is 1. The first-order chi connectivity index (χ1) is 10.5. The summed E-state index contributed by atoms with van der Waals surface area (Å²) < 4.78 is 24.0. The fourth-order valence-electron chi connectivity index (χ4n) is 1.99. The van der Waals surface area contributed by atoms with Gasteiger partial charge < -0.3 is 0 Å². The minimum Gasteiger partial charge on any atom is -0.221 e. The van der Waals surface area contributed by atoms with Gasteiger partial charge in [0.25, 0.3) is 5.16 Å². The van der Waals surface area contributed by atoms with E-state index < -0.39 is 9.84 Å². The van der Waals surface area contributed by atoms with E-state index in [1.807, 2.05) is 30.3 Å². The van der Waals surface area contributed by atoms with Crippen molar-refractivity contribution in [1.29, 1.82) is 0 Å². The summed E-state index contributed by atoms with van der Waals surface area (Å²) in [5.41, 5.74) is 3.80. The van der Waals surface area contributed by atoms with Crippen LogP contribution in [-0.4, -0.2) is 34.9 Å². The lowest BCUT2D eigenvalue weighted by Crippen LogP contribution is -2.11. The van der Waals surface area contributed by atoms with E-state index in [-0.39, 0.29) is 5.16 Å². The molecule has 22 heavy (non-hydrogen) atoms. The second-order valence-electron chi connectivity index (χ2n) is 4.96. The molecule has 0 amide bonds. The number of benzene rings is 2. The lowest BCUT2D eigenvalue weighted by Gasteiger charge is -2.02. The molecule has 4 rings (SSSR count). The van der Waals surface area contributed by atoms with Crippen molar-refractivity contribution in [1.82, 2.24) is 20.2 Å². The van der Waals surface area contributed by atoms with Crippen molar-refractivity contribution in [3.05, 3.63) is 60.2 Å². The zero-order valence-electron chi connectivity index (χ0n) is 11.9. The number of aromatic nitrogens is 4. The molecule has 2 aliphatic carbocycles. The molecule has 1 aromatic heterocycles. The third-order valence-corrected chi connectivity index (χ3v) is 4.07. The first kappa shape index (κ1) is 14.4. The Kier molecular flexibility index (Phi) is 3.72. The molecule has 112 valence electrons. The Morgan fingerprint density at radius 3 is 2.18 bits per heavy atom. The molecule has 0 saturated carbocycles. The maximum atomic E-state index is 11.3. The third-order valence-electron chi connectivity index (χ3n) is 3.12. The van der Waals surface area contributed by atoms with Gasteiger partial charge in [-0.1, -0.05) is 53.6 Å². The van der Waals surface area contributed by atoms with Crippen LogP contribution in [0.5, 0.6) is 0 Å². The van der Waals surface area contributed by atoms with Crippen LogP contribution in [0.4, 0.5) is 0 Å². The van der Waals surface area contributed by atoms with Crippen LogP contribution >= 0.6 is 0 Å². The fraction of sp³-hybridized carbons (Fsp3) is 0.133. The number of nitrogens with zero attached hydrogens (tertiary/aromatic N) is 4. The van der Waals surface area contributed by atoms with Crippen LogP contribution in [0.3, 0.4) is 0 Å². The molecular formula is C15H14N4O2S. The molecule has 0 saturated heterocycles. The summed E-state index contributed by atoms with van der Waals surface area (Å²) in [6.07, 6.45) is 1.08. The SMILES string of the molecule is CS(=O)(=O)c1nnnn1Cc1ccccc1.c1cc2cc-2c1. The maximum absolute atomic E-state index is 11.3. The van der Waals surface area contributed by atoms with Crippen molar-refractivity contribution >= 4 is 9.84 Å². The summed E-state index contributed by atoms with van der Waals surface area (Å²) in [7, 11) is -3.38. The van der Waals surface area contributed by atoms with Crippen molar-refractivity contribution in [2.45, 2.75) is 11.7 Å². The molecule has 6 nitrogen and oxygen atoms in total. The van der Waals surface area contributed by atoms with Crippen molar-refractivity contribution in [2.24, 2.45) is 0 Å². The van der Waals surface area contributed by atoms with E-state index in [1.54, 1.807) is 0 Å². The molecule has 2 aromatic rings. The number of hydrogen-bond acceptors (Lipinski definition) is 5. The Bertz CT molecular complexity index is 871. The fourth-order valence-corrected chi connectivity index (χ4v) is 2.66. The lowest BCUT2D eigenvalue weighted by atomic mass is 10.2. The Hall–Kier alpha value is -2.54. The van der Waals surface area contributed by atoms with Gasteiger partial charge in [0.1, 0.15) is 0 Å². The van der Waals surface area contributed by atoms with Crippen LogP contribution in [-0.2, 0) is 16.4 Å². The number of fused-ring (bicyclic) bond motifs is 1. The largest absolute Gasteiger partial charge is 0.267 e. The van der Waals surface area contributed by atoms with Crippen LogP contribution in [0.15, 0.2) is 59.8 Å². The quantitative estimate of drug-likeness (QED) is 0.576. The first-order valence-corrected chi connectivity index (χ1v) is 8.54. The summed E-state index contributed by atoms with van der Waals surface area (Å²) >= 11 is 0. The molecule has 0 bridgehead atoms. The second-order valence-corrected chi connectivity index (χ2v) is 6.87. The summed E-state index contributed by atoms with van der Waals surface area (Å²) in [5.74, 6) is 0. The maximum Gasteiger partial charge on any atom is 0.267 e. The highest BCUT2D eigenvalue weighted by Crippen LogP contribution is 2.32. The Labute approximate surface area is 128 Å². The Morgan fingerprint density at radius 2 is 1.68 bits per heavy atom. The Morgan fingerprint density at radius 1 is 1.00 bits per heavy atom. The molecule has 2 aliphatic rings. The molecule has 0 aliphatic heterocycles. The van der Waals surface area contributed by atoms with E-state index in [0.717, 1.165) is 11.8 Å². The average Bonchev–Trinajstić information content (AvgIpc) is 2.90. The zero-order valence-corrected chi connectivity index (χ0v) is 12.7. The van der Waals surface area contributed by atoms with Gasteiger partial charge in [0.05, 0.1) is 6.54 Å². The van der Waals surface area contributed by atoms with Crippen LogP contribution in [0.1, 0.15) is 5.56 Å². The zero-order chi connectivity index (χ0) is 15.6. The molecular weight excluding hydrogens is 300 g/mol. The van der Waals surface area contributed by atoms with Gasteiger partial charge in [0.15, 0.2) is 0 Å². The van der Waals surface area contributed by atoms with E-state index in [0.29, 0.717) is 6.54 Å². The van der Waals surface area contributed by atoms with Crippen LogP contribution in [0, 0.1) is 0 Å². The highest BCUT2D eigenvalue weighted by atomic mass is 32.2. The van der Waals surface area contributed by atoms with Gasteiger partial charge in [-0.2, -0.15) is 0 Å². The van der Waals surface area contributed by atoms with Gasteiger partial charge in [-0.3, -0.25) is 0 Å². The highest BCUT2D eigenvalue weighted by Gasteiger charge is 2.17. The number of sulfone groups is 1. The molecule has 1 aromatic carbocycles. The first-order valence-electron chi connectivity index (χ1n) is 6.64. The summed E-state index contributed by atoms with van der Waals surface area (Å²) in [6, 6.07) is 17.9. The molecule has 0 N–H and O–H groups in total. The van der Waals surface area contributed by atoms with Gasteiger partial charge in [-0.25, -0.2) is 13.1 Å². The molecule has 0 radical (unpaired) electrons. The molecule has 0 unspecified atom stereocenters. The van der Waals surface area contributed by atoms with E-state index in [2.05, 4.69) is 39.8 Å². The van der Waals surface area contributed by atoms with Gasteiger partial charge in [0, 0.05) is 6.26 Å². The summed E-state index contributed by atoms with van der Waals surface area (Å²) in [6.45, 7) is 0.343. The molecule has 1 heterocycles. The van der Waals surface area contributed by atoms with Gasteiger partial charge in [-0.05, 0) is 33.2 Å². The van der Waals surface area contributed by atoms with Gasteiger partial charge in [0.2, 0.25) is 9.84 Å². The average molecular weight is 314 g/mol. The van der Waals surface area contributed by atoms with Crippen molar-refractivity contribution < 1.29 is 8.42 Å². The van der Waals surface area contributed by atoms with E-state index in [1.165, 1.54) is 15.8 Å². The van der Waals surface area contributed by atoms with Gasteiger partial charge in [-0.15, -0.1) is 0 Å². The third kappa shape index (κ3) is 3.37. The lowest BCUT2D eigenvalue weighted by molar-refractivity contribution is 0.555. The molecule has 0 spiro atoms. The topological polar surface area (TPSA) is 77.7 Å². The number of hydrogen-bond donors (Lipinski definition) is 0. The van der Waals surface area contributed by atoms with Crippen LogP contribution in [0.2, 0.25) is 0 Å². The predicted molar refractivity (Wildman–Crippen MR) is 81.9 cm³/mol. The molecule has 0 atom stereocenters.